The Kier molecular flexibility index (Phi) is 3.30. The van der Waals surface area contributed by atoms with Crippen molar-refractivity contribution in [3.63, 3.8) is 0 Å². The van der Waals surface area contributed by atoms with Crippen LogP contribution in [0.1, 0.15) is 5.56 Å². The zero-order chi connectivity index (χ0) is 9.84. The van der Waals surface area contributed by atoms with E-state index in [9.17, 15) is 4.79 Å². The molecule has 0 aromatic heterocycles. The van der Waals surface area contributed by atoms with Gasteiger partial charge in [0.2, 0.25) is 0 Å². The molecule has 1 aromatic carbocycles. The van der Waals surface area contributed by atoms with E-state index < -0.39 is 5.97 Å². The number of hydrogen-bond donors (Lipinski definition) is 2. The monoisotopic (exact) mass is 289 g/mol. The van der Waals surface area contributed by atoms with E-state index in [-0.39, 0.29) is 0 Å². The van der Waals surface area contributed by atoms with Crippen LogP contribution in [0.4, 0.5) is 5.69 Å². The van der Waals surface area contributed by atoms with E-state index in [2.05, 4.69) is 22.6 Å². The Morgan fingerprint density at radius 2 is 2.23 bits per heavy atom. The van der Waals surface area contributed by atoms with Crippen LogP contribution in [-0.4, -0.2) is 11.1 Å². The quantitative estimate of drug-likeness (QED) is 0.497. The lowest BCUT2D eigenvalue weighted by Gasteiger charge is -1.98. The molecular formula is C9H8INO2. The fourth-order valence-electron chi connectivity index (χ4n) is 0.815. The largest absolute Gasteiger partial charge is 0.478 e. The van der Waals surface area contributed by atoms with E-state index >= 15 is 0 Å². The summed E-state index contributed by atoms with van der Waals surface area (Å²) >= 11 is 2.10. The molecule has 13 heavy (non-hydrogen) atoms. The Bertz CT molecular complexity index is 361. The smallest absolute Gasteiger partial charge is 0.328 e. The molecule has 3 N–H and O–H groups in total. The molecule has 0 unspecified atom stereocenters. The third kappa shape index (κ3) is 3.06. The third-order valence-corrected chi connectivity index (χ3v) is 2.38. The van der Waals surface area contributed by atoms with Gasteiger partial charge in [-0.05, 0) is 46.4 Å². The number of rotatable bonds is 2. The van der Waals surface area contributed by atoms with Crippen LogP contribution in [0.5, 0.6) is 0 Å². The number of halogens is 1. The second kappa shape index (κ2) is 4.27. The van der Waals surface area contributed by atoms with Gasteiger partial charge in [0.05, 0.1) is 0 Å². The highest BCUT2D eigenvalue weighted by molar-refractivity contribution is 14.1. The second-order valence-electron chi connectivity index (χ2n) is 2.45. The summed E-state index contributed by atoms with van der Waals surface area (Å²) in [6.07, 6.45) is 2.63. The van der Waals surface area contributed by atoms with E-state index in [0.29, 0.717) is 5.69 Å². The van der Waals surface area contributed by atoms with Crippen molar-refractivity contribution in [3.8, 4) is 0 Å². The molecule has 3 nitrogen and oxygen atoms in total. The maximum absolute atomic E-state index is 10.2. The van der Waals surface area contributed by atoms with E-state index in [1.807, 2.05) is 6.07 Å². The number of carbonyl (C=O) groups is 1. The zero-order valence-corrected chi connectivity index (χ0v) is 8.86. The number of anilines is 1. The number of benzene rings is 1. The molecule has 0 spiro atoms. The Labute approximate surface area is 89.4 Å². The maximum Gasteiger partial charge on any atom is 0.328 e. The first kappa shape index (κ1) is 10.0. The van der Waals surface area contributed by atoms with Gasteiger partial charge in [-0.15, -0.1) is 0 Å². The molecule has 0 aliphatic rings. The minimum atomic E-state index is -0.952. The fraction of sp³-hybridized carbons (Fsp3) is 0. The molecule has 4 heteroatoms. The summed E-state index contributed by atoms with van der Waals surface area (Å²) in [5, 5.41) is 8.39. The molecule has 0 saturated heterocycles. The molecular weight excluding hydrogens is 281 g/mol. The van der Waals surface area contributed by atoms with Gasteiger partial charge < -0.3 is 10.8 Å². The standard InChI is InChI=1S/C9H8INO2/c10-7-5-6(1-3-8(7)11)2-4-9(12)13/h1-5H,11H2,(H,12,13)/b4-2+. The predicted octanol–water partition coefficient (Wildman–Crippen LogP) is 1.97. The number of nitrogen functional groups attached to an aromatic ring is 1. The molecule has 0 aliphatic carbocycles. The van der Waals surface area contributed by atoms with Gasteiger partial charge in [0, 0.05) is 15.3 Å². The number of hydrogen-bond acceptors (Lipinski definition) is 2. The van der Waals surface area contributed by atoms with Crippen LogP contribution in [0.3, 0.4) is 0 Å². The summed E-state index contributed by atoms with van der Waals surface area (Å²) in [5.41, 5.74) is 7.13. The first-order valence-corrected chi connectivity index (χ1v) is 4.63. The van der Waals surface area contributed by atoms with E-state index in [1.54, 1.807) is 12.1 Å². The van der Waals surface area contributed by atoms with E-state index in [0.717, 1.165) is 15.2 Å². The highest BCUT2D eigenvalue weighted by Crippen LogP contribution is 2.16. The van der Waals surface area contributed by atoms with Gasteiger partial charge in [0.1, 0.15) is 0 Å². The number of aliphatic carboxylic acids is 1. The van der Waals surface area contributed by atoms with Crippen molar-refractivity contribution in [1.29, 1.82) is 0 Å². The average Bonchev–Trinajstić information content (AvgIpc) is 2.07. The third-order valence-electron chi connectivity index (χ3n) is 1.44. The molecule has 1 rings (SSSR count). The van der Waals surface area contributed by atoms with Crippen LogP contribution in [0, 0.1) is 3.57 Å². The minimum absolute atomic E-state index is 0.702. The molecule has 0 radical (unpaired) electrons. The summed E-state index contributed by atoms with van der Waals surface area (Å²) < 4.78 is 0.921. The minimum Gasteiger partial charge on any atom is -0.478 e. The van der Waals surface area contributed by atoms with E-state index in [1.165, 1.54) is 6.08 Å². The topological polar surface area (TPSA) is 63.3 Å². The van der Waals surface area contributed by atoms with Crippen LogP contribution in [0.2, 0.25) is 0 Å². The normalized spacial score (nSPS) is 10.5. The van der Waals surface area contributed by atoms with Gasteiger partial charge in [-0.3, -0.25) is 0 Å². The average molecular weight is 289 g/mol. The first-order chi connectivity index (χ1) is 6.09. The molecule has 0 aliphatic heterocycles. The van der Waals surface area contributed by atoms with Crippen molar-refractivity contribution in [1.82, 2.24) is 0 Å². The maximum atomic E-state index is 10.2. The highest BCUT2D eigenvalue weighted by Gasteiger charge is 1.95. The summed E-state index contributed by atoms with van der Waals surface area (Å²) in [6.45, 7) is 0. The van der Waals surface area contributed by atoms with Crippen LogP contribution in [-0.2, 0) is 4.79 Å². The van der Waals surface area contributed by atoms with Crippen molar-refractivity contribution in [2.75, 3.05) is 5.73 Å². The Hall–Kier alpha value is -1.04. The second-order valence-corrected chi connectivity index (χ2v) is 3.61. The molecule has 0 fully saturated rings. The predicted molar refractivity (Wildman–Crippen MR) is 60.2 cm³/mol. The van der Waals surface area contributed by atoms with Crippen molar-refractivity contribution in [2.45, 2.75) is 0 Å². The van der Waals surface area contributed by atoms with Gasteiger partial charge in [0.25, 0.3) is 0 Å². The van der Waals surface area contributed by atoms with Gasteiger partial charge in [-0.1, -0.05) is 6.07 Å². The summed E-state index contributed by atoms with van der Waals surface area (Å²) in [5.74, 6) is -0.952. The van der Waals surface area contributed by atoms with E-state index in [4.69, 9.17) is 10.8 Å². The molecule has 0 amide bonds. The number of carboxylic acids is 1. The molecule has 68 valence electrons. The zero-order valence-electron chi connectivity index (χ0n) is 6.70. The van der Waals surface area contributed by atoms with Crippen LogP contribution in [0.25, 0.3) is 6.08 Å². The molecule has 0 atom stereocenters. The van der Waals surface area contributed by atoms with Crippen LogP contribution < -0.4 is 5.73 Å². The first-order valence-electron chi connectivity index (χ1n) is 3.55. The lowest BCUT2D eigenvalue weighted by Crippen LogP contribution is -1.89. The molecule has 0 heterocycles. The summed E-state index contributed by atoms with van der Waals surface area (Å²) in [6, 6.07) is 5.36. The molecule has 0 saturated carbocycles. The lowest BCUT2D eigenvalue weighted by atomic mass is 10.2. The van der Waals surface area contributed by atoms with Gasteiger partial charge >= 0.3 is 5.97 Å². The number of carboxylic acid groups (broad SMARTS) is 1. The Morgan fingerprint density at radius 1 is 1.54 bits per heavy atom. The van der Waals surface area contributed by atoms with Crippen LogP contribution >= 0.6 is 22.6 Å². The van der Waals surface area contributed by atoms with Crippen molar-refractivity contribution in [2.24, 2.45) is 0 Å². The van der Waals surface area contributed by atoms with Crippen molar-refractivity contribution >= 4 is 40.3 Å². The SMILES string of the molecule is Nc1ccc(/C=C/C(=O)O)cc1I. The van der Waals surface area contributed by atoms with Gasteiger partial charge in [-0.25, -0.2) is 4.79 Å². The highest BCUT2D eigenvalue weighted by atomic mass is 127. The summed E-state index contributed by atoms with van der Waals surface area (Å²) in [4.78, 5) is 10.2. The molecule has 0 bridgehead atoms. The lowest BCUT2D eigenvalue weighted by molar-refractivity contribution is -0.131. The van der Waals surface area contributed by atoms with Crippen molar-refractivity contribution in [3.05, 3.63) is 33.4 Å². The summed E-state index contributed by atoms with van der Waals surface area (Å²) in [7, 11) is 0. The van der Waals surface area contributed by atoms with Gasteiger partial charge in [0.15, 0.2) is 0 Å². The fourth-order valence-corrected chi connectivity index (χ4v) is 1.35. The van der Waals surface area contributed by atoms with Crippen molar-refractivity contribution < 1.29 is 9.90 Å². The Balaban J connectivity index is 2.92. The van der Waals surface area contributed by atoms with Crippen LogP contribution in [0.15, 0.2) is 24.3 Å². The molecule has 1 aromatic rings. The Morgan fingerprint density at radius 3 is 2.77 bits per heavy atom. The van der Waals surface area contributed by atoms with Gasteiger partial charge in [-0.2, -0.15) is 0 Å². The number of nitrogens with two attached hydrogens (primary N) is 1.